The summed E-state index contributed by atoms with van der Waals surface area (Å²) < 4.78 is 5.50. The van der Waals surface area contributed by atoms with E-state index in [4.69, 9.17) is 27.9 Å². The van der Waals surface area contributed by atoms with Gasteiger partial charge in [0.2, 0.25) is 0 Å². The van der Waals surface area contributed by atoms with E-state index >= 15 is 0 Å². The number of halogens is 2. The molecule has 0 aliphatic carbocycles. The van der Waals surface area contributed by atoms with Gasteiger partial charge in [-0.1, -0.05) is 23.2 Å². The number of nitrogens with zero attached hydrogens (tertiary/aromatic N) is 4. The summed E-state index contributed by atoms with van der Waals surface area (Å²) in [5, 5.41) is 5.07. The molecule has 0 unspecified atom stereocenters. The number of ether oxygens (including phenoxy) is 1. The van der Waals surface area contributed by atoms with Crippen molar-refractivity contribution in [2.75, 3.05) is 12.4 Å². The van der Waals surface area contributed by atoms with Gasteiger partial charge >= 0.3 is 0 Å². The first-order valence-corrected chi connectivity index (χ1v) is 8.73. The molecule has 134 valence electrons. The van der Waals surface area contributed by atoms with Gasteiger partial charge in [-0.15, -0.1) is 0 Å². The third-order valence-electron chi connectivity index (χ3n) is 3.93. The third kappa shape index (κ3) is 3.49. The van der Waals surface area contributed by atoms with Gasteiger partial charge in [-0.25, -0.2) is 15.0 Å². The predicted octanol–water partition coefficient (Wildman–Crippen LogP) is 5.15. The summed E-state index contributed by atoms with van der Waals surface area (Å²) in [6, 6.07) is 9.02. The van der Waals surface area contributed by atoms with Crippen molar-refractivity contribution in [1.29, 1.82) is 0 Å². The Bertz CT molecular complexity index is 1120. The Balaban J connectivity index is 1.81. The summed E-state index contributed by atoms with van der Waals surface area (Å²) in [6.45, 7) is 0. The van der Waals surface area contributed by atoms with Crippen molar-refractivity contribution in [3.05, 3.63) is 65.2 Å². The van der Waals surface area contributed by atoms with E-state index in [0.29, 0.717) is 27.3 Å². The van der Waals surface area contributed by atoms with Gasteiger partial charge in [-0.05, 0) is 30.3 Å². The van der Waals surface area contributed by atoms with Crippen molar-refractivity contribution < 1.29 is 4.74 Å². The molecule has 2 heterocycles. The second-order valence-electron chi connectivity index (χ2n) is 5.61. The fourth-order valence-corrected chi connectivity index (χ4v) is 2.94. The molecule has 0 amide bonds. The van der Waals surface area contributed by atoms with Crippen LogP contribution < -0.4 is 10.1 Å². The standard InChI is InChI=1S/C19H13Cl2N5O/c1-27-17-5-4-15-12(9-24-19(26-15)16-10-22-6-7-23-16)18(17)25-11-2-3-13(20)14(21)8-11/h2-10,25H,1H3. The zero-order chi connectivity index (χ0) is 18.8. The maximum absolute atomic E-state index is 6.12. The third-order valence-corrected chi connectivity index (χ3v) is 4.67. The predicted molar refractivity (Wildman–Crippen MR) is 107 cm³/mol. The Morgan fingerprint density at radius 1 is 0.963 bits per heavy atom. The van der Waals surface area contributed by atoms with Gasteiger partial charge in [0.1, 0.15) is 11.4 Å². The highest BCUT2D eigenvalue weighted by Gasteiger charge is 2.13. The molecule has 8 heteroatoms. The number of aromatic nitrogens is 4. The molecule has 0 saturated heterocycles. The van der Waals surface area contributed by atoms with Gasteiger partial charge in [0.25, 0.3) is 0 Å². The van der Waals surface area contributed by atoms with E-state index in [1.165, 1.54) is 0 Å². The first kappa shape index (κ1) is 17.5. The van der Waals surface area contributed by atoms with Crippen LogP contribution in [0.2, 0.25) is 10.0 Å². The van der Waals surface area contributed by atoms with Crippen LogP contribution in [0.5, 0.6) is 5.75 Å². The molecule has 0 fully saturated rings. The fraction of sp³-hybridized carbons (Fsp3) is 0.0526. The lowest BCUT2D eigenvalue weighted by Gasteiger charge is -2.14. The summed E-state index contributed by atoms with van der Waals surface area (Å²) in [6.07, 6.45) is 6.57. The van der Waals surface area contributed by atoms with Gasteiger partial charge in [-0.2, -0.15) is 0 Å². The Hall–Kier alpha value is -2.96. The van der Waals surface area contributed by atoms with Gasteiger partial charge in [0.15, 0.2) is 5.82 Å². The first-order valence-electron chi connectivity index (χ1n) is 7.98. The SMILES string of the molecule is COc1ccc2nc(-c3cnccn3)ncc2c1Nc1ccc(Cl)c(Cl)c1. The summed E-state index contributed by atoms with van der Waals surface area (Å²) in [4.78, 5) is 17.3. The molecule has 4 aromatic rings. The van der Waals surface area contributed by atoms with Crippen LogP contribution in [0.1, 0.15) is 0 Å². The van der Waals surface area contributed by atoms with Crippen LogP contribution in [0.4, 0.5) is 11.4 Å². The van der Waals surface area contributed by atoms with E-state index in [2.05, 4.69) is 25.3 Å². The van der Waals surface area contributed by atoms with Crippen LogP contribution >= 0.6 is 23.2 Å². The van der Waals surface area contributed by atoms with E-state index in [0.717, 1.165) is 22.3 Å². The Morgan fingerprint density at radius 3 is 2.59 bits per heavy atom. The molecular weight excluding hydrogens is 385 g/mol. The molecule has 2 aromatic heterocycles. The normalized spacial score (nSPS) is 10.8. The Labute approximate surface area is 165 Å². The van der Waals surface area contributed by atoms with Crippen LogP contribution in [0.15, 0.2) is 55.1 Å². The molecule has 0 aliphatic heterocycles. The van der Waals surface area contributed by atoms with Gasteiger partial charge in [-0.3, -0.25) is 4.98 Å². The minimum Gasteiger partial charge on any atom is -0.495 e. The zero-order valence-corrected chi connectivity index (χ0v) is 15.7. The van der Waals surface area contributed by atoms with Crippen molar-refractivity contribution in [3.8, 4) is 17.3 Å². The van der Waals surface area contributed by atoms with Gasteiger partial charge in [0, 0.05) is 29.7 Å². The Morgan fingerprint density at radius 2 is 1.85 bits per heavy atom. The highest BCUT2D eigenvalue weighted by atomic mass is 35.5. The fourth-order valence-electron chi connectivity index (χ4n) is 2.64. The number of methoxy groups -OCH3 is 1. The van der Waals surface area contributed by atoms with E-state index in [1.54, 1.807) is 44.0 Å². The molecular formula is C19H13Cl2N5O. The quantitative estimate of drug-likeness (QED) is 0.513. The minimum absolute atomic E-state index is 0.460. The average Bonchev–Trinajstić information content (AvgIpc) is 2.71. The van der Waals surface area contributed by atoms with E-state index in [1.807, 2.05) is 18.2 Å². The Kier molecular flexibility index (Phi) is 4.75. The lowest BCUT2D eigenvalue weighted by Crippen LogP contribution is -1.99. The second-order valence-corrected chi connectivity index (χ2v) is 6.43. The molecule has 2 aromatic carbocycles. The summed E-state index contributed by atoms with van der Waals surface area (Å²) in [5.74, 6) is 1.16. The monoisotopic (exact) mass is 397 g/mol. The molecule has 0 radical (unpaired) electrons. The maximum atomic E-state index is 6.12. The van der Waals surface area contributed by atoms with Crippen LogP contribution in [-0.2, 0) is 0 Å². The minimum atomic E-state index is 0.460. The number of nitrogens with one attached hydrogen (secondary N) is 1. The van der Waals surface area contributed by atoms with E-state index in [-0.39, 0.29) is 0 Å². The number of hydrogen-bond donors (Lipinski definition) is 1. The van der Waals surface area contributed by atoms with E-state index in [9.17, 15) is 0 Å². The van der Waals surface area contributed by atoms with Crippen molar-refractivity contribution >= 4 is 45.5 Å². The first-order chi connectivity index (χ1) is 13.2. The van der Waals surface area contributed by atoms with Crippen molar-refractivity contribution in [2.24, 2.45) is 0 Å². The largest absolute Gasteiger partial charge is 0.495 e. The van der Waals surface area contributed by atoms with Crippen molar-refractivity contribution in [3.63, 3.8) is 0 Å². The van der Waals surface area contributed by atoms with Crippen LogP contribution in [-0.4, -0.2) is 27.0 Å². The smallest absolute Gasteiger partial charge is 0.180 e. The lowest BCUT2D eigenvalue weighted by molar-refractivity contribution is 0.417. The van der Waals surface area contributed by atoms with Crippen molar-refractivity contribution in [2.45, 2.75) is 0 Å². The highest BCUT2D eigenvalue weighted by molar-refractivity contribution is 6.42. The van der Waals surface area contributed by atoms with Crippen molar-refractivity contribution in [1.82, 2.24) is 19.9 Å². The maximum Gasteiger partial charge on any atom is 0.180 e. The number of hydrogen-bond acceptors (Lipinski definition) is 6. The molecule has 0 aliphatic rings. The molecule has 0 saturated carbocycles. The molecule has 0 spiro atoms. The molecule has 4 rings (SSSR count). The molecule has 1 N–H and O–H groups in total. The number of benzene rings is 2. The molecule has 27 heavy (non-hydrogen) atoms. The van der Waals surface area contributed by atoms with Crippen LogP contribution in [0, 0.1) is 0 Å². The zero-order valence-electron chi connectivity index (χ0n) is 14.1. The second kappa shape index (κ2) is 7.34. The summed E-state index contributed by atoms with van der Waals surface area (Å²) >= 11 is 12.1. The van der Waals surface area contributed by atoms with Crippen LogP contribution in [0.25, 0.3) is 22.4 Å². The topological polar surface area (TPSA) is 72.8 Å². The number of anilines is 2. The number of fused-ring (bicyclic) bond motifs is 1. The van der Waals surface area contributed by atoms with Crippen LogP contribution in [0.3, 0.4) is 0 Å². The van der Waals surface area contributed by atoms with E-state index < -0.39 is 0 Å². The molecule has 0 bridgehead atoms. The molecule has 6 nitrogen and oxygen atoms in total. The van der Waals surface area contributed by atoms with Gasteiger partial charge in [0.05, 0.1) is 34.6 Å². The summed E-state index contributed by atoms with van der Waals surface area (Å²) in [5.41, 5.74) is 2.86. The highest BCUT2D eigenvalue weighted by Crippen LogP contribution is 2.36. The summed E-state index contributed by atoms with van der Waals surface area (Å²) in [7, 11) is 1.61. The average molecular weight is 398 g/mol. The lowest BCUT2D eigenvalue weighted by atomic mass is 10.1. The van der Waals surface area contributed by atoms with Gasteiger partial charge < -0.3 is 10.1 Å². The number of rotatable bonds is 4. The molecule has 0 atom stereocenters.